The monoisotopic (exact) mass is 336 g/mol. The van der Waals surface area contributed by atoms with Gasteiger partial charge in [-0.25, -0.2) is 0 Å². The number of aryl methyl sites for hydroxylation is 3. The maximum atomic E-state index is 12.3. The summed E-state index contributed by atoms with van der Waals surface area (Å²) in [6.45, 7) is 5.74. The molecule has 1 aromatic carbocycles. The summed E-state index contributed by atoms with van der Waals surface area (Å²) in [5, 5.41) is 9.93. The second kappa shape index (κ2) is 7.17. The summed E-state index contributed by atoms with van der Waals surface area (Å²) in [6, 6.07) is 9.22. The summed E-state index contributed by atoms with van der Waals surface area (Å²) in [4.78, 5) is 16.3. The van der Waals surface area contributed by atoms with Crippen molar-refractivity contribution >= 4 is 11.6 Å². The number of aromatic amines is 1. The van der Waals surface area contributed by atoms with Crippen LogP contribution < -0.4 is 10.1 Å². The molecule has 25 heavy (non-hydrogen) atoms. The van der Waals surface area contributed by atoms with E-state index < -0.39 is 0 Å². The lowest BCUT2D eigenvalue weighted by molar-refractivity contribution is -0.115. The number of rotatable bonds is 5. The second-order valence-corrected chi connectivity index (χ2v) is 5.91. The van der Waals surface area contributed by atoms with Gasteiger partial charge in [-0.2, -0.15) is 5.10 Å². The van der Waals surface area contributed by atoms with E-state index >= 15 is 0 Å². The van der Waals surface area contributed by atoms with Gasteiger partial charge in [-0.3, -0.25) is 14.9 Å². The number of anilines is 1. The average Bonchev–Trinajstić information content (AvgIpc) is 2.90. The molecule has 2 heterocycles. The molecule has 0 saturated carbocycles. The van der Waals surface area contributed by atoms with Crippen molar-refractivity contribution in [3.05, 3.63) is 65.2 Å². The topological polar surface area (TPSA) is 79.9 Å². The fourth-order valence-corrected chi connectivity index (χ4v) is 2.58. The Morgan fingerprint density at radius 1 is 1.24 bits per heavy atom. The van der Waals surface area contributed by atoms with Crippen molar-refractivity contribution in [3.63, 3.8) is 0 Å². The lowest BCUT2D eigenvalue weighted by Gasteiger charge is -2.11. The van der Waals surface area contributed by atoms with E-state index in [0.717, 1.165) is 34.0 Å². The van der Waals surface area contributed by atoms with Crippen LogP contribution in [-0.4, -0.2) is 21.1 Å². The minimum Gasteiger partial charge on any atom is -0.455 e. The fraction of sp³-hybridized carbons (Fsp3) is 0.211. The first-order chi connectivity index (χ1) is 12.0. The van der Waals surface area contributed by atoms with E-state index in [0.29, 0.717) is 12.2 Å². The number of H-pyrrole nitrogens is 1. The molecule has 0 radical (unpaired) electrons. The molecular weight excluding hydrogens is 316 g/mol. The third-order valence-corrected chi connectivity index (χ3v) is 3.94. The fourth-order valence-electron chi connectivity index (χ4n) is 2.58. The van der Waals surface area contributed by atoms with E-state index in [1.54, 1.807) is 12.4 Å². The van der Waals surface area contributed by atoms with E-state index in [2.05, 4.69) is 20.5 Å². The molecule has 3 aromatic rings. The number of hydrogen-bond acceptors (Lipinski definition) is 4. The van der Waals surface area contributed by atoms with Crippen molar-refractivity contribution in [2.45, 2.75) is 27.2 Å². The highest BCUT2D eigenvalue weighted by atomic mass is 16.5. The summed E-state index contributed by atoms with van der Waals surface area (Å²) in [6.07, 6.45) is 3.65. The van der Waals surface area contributed by atoms with Gasteiger partial charge >= 0.3 is 0 Å². The first-order valence-corrected chi connectivity index (χ1v) is 8.02. The highest BCUT2D eigenvalue weighted by Gasteiger charge is 2.12. The van der Waals surface area contributed by atoms with Crippen LogP contribution in [0.25, 0.3) is 0 Å². The van der Waals surface area contributed by atoms with Crippen LogP contribution in [0.5, 0.6) is 11.5 Å². The van der Waals surface area contributed by atoms with E-state index in [-0.39, 0.29) is 5.91 Å². The summed E-state index contributed by atoms with van der Waals surface area (Å²) in [7, 11) is 0. The van der Waals surface area contributed by atoms with Gasteiger partial charge in [0.15, 0.2) is 0 Å². The standard InChI is InChI=1S/C19H20N4O2/c1-12-9-15(6-7-18(12)25-16-5-4-8-20-11-16)21-19(24)10-17-13(2)22-23-14(17)3/h4-9,11H,10H2,1-3H3,(H,21,24)(H,22,23). The Bertz CT molecular complexity index is 868. The number of amides is 1. The van der Waals surface area contributed by atoms with Gasteiger partial charge < -0.3 is 10.1 Å². The van der Waals surface area contributed by atoms with Crippen LogP contribution in [0, 0.1) is 20.8 Å². The number of benzene rings is 1. The van der Waals surface area contributed by atoms with Gasteiger partial charge in [0.1, 0.15) is 11.5 Å². The van der Waals surface area contributed by atoms with Crippen LogP contribution in [0.15, 0.2) is 42.7 Å². The molecule has 0 aliphatic rings. The molecule has 0 atom stereocenters. The highest BCUT2D eigenvalue weighted by Crippen LogP contribution is 2.27. The maximum absolute atomic E-state index is 12.3. The highest BCUT2D eigenvalue weighted by molar-refractivity contribution is 5.92. The van der Waals surface area contributed by atoms with Gasteiger partial charge in [0.2, 0.25) is 5.91 Å². The predicted molar refractivity (Wildman–Crippen MR) is 95.9 cm³/mol. The summed E-state index contributed by atoms with van der Waals surface area (Å²) in [5.74, 6) is 1.33. The number of carbonyl (C=O) groups excluding carboxylic acids is 1. The van der Waals surface area contributed by atoms with Crippen molar-refractivity contribution < 1.29 is 9.53 Å². The van der Waals surface area contributed by atoms with Crippen molar-refractivity contribution in [3.8, 4) is 11.5 Å². The molecular formula is C19H20N4O2. The van der Waals surface area contributed by atoms with Crippen LogP contribution in [-0.2, 0) is 11.2 Å². The molecule has 2 aromatic heterocycles. The maximum Gasteiger partial charge on any atom is 0.228 e. The molecule has 0 bridgehead atoms. The number of nitrogens with one attached hydrogen (secondary N) is 2. The molecule has 0 saturated heterocycles. The lowest BCUT2D eigenvalue weighted by Crippen LogP contribution is -2.15. The quantitative estimate of drug-likeness (QED) is 0.744. The molecule has 0 aliphatic carbocycles. The average molecular weight is 336 g/mol. The molecule has 6 nitrogen and oxygen atoms in total. The predicted octanol–water partition coefficient (Wildman–Crippen LogP) is 3.70. The second-order valence-electron chi connectivity index (χ2n) is 5.91. The minimum absolute atomic E-state index is 0.0760. The number of carbonyl (C=O) groups is 1. The molecule has 3 rings (SSSR count). The Morgan fingerprint density at radius 3 is 2.72 bits per heavy atom. The summed E-state index contributed by atoms with van der Waals surface area (Å²) >= 11 is 0. The zero-order valence-corrected chi connectivity index (χ0v) is 14.5. The van der Waals surface area contributed by atoms with Gasteiger partial charge in [0.25, 0.3) is 0 Å². The third-order valence-electron chi connectivity index (χ3n) is 3.94. The van der Waals surface area contributed by atoms with Crippen molar-refractivity contribution in [1.29, 1.82) is 0 Å². The summed E-state index contributed by atoms with van der Waals surface area (Å²) in [5.41, 5.74) is 4.37. The minimum atomic E-state index is -0.0760. The number of hydrogen-bond donors (Lipinski definition) is 2. The lowest BCUT2D eigenvalue weighted by atomic mass is 10.1. The molecule has 128 valence electrons. The first kappa shape index (κ1) is 16.7. The van der Waals surface area contributed by atoms with Crippen LogP contribution in [0.1, 0.15) is 22.5 Å². The molecule has 1 amide bonds. The number of pyridine rings is 1. The third kappa shape index (κ3) is 4.03. The van der Waals surface area contributed by atoms with Crippen molar-refractivity contribution in [2.24, 2.45) is 0 Å². The Kier molecular flexibility index (Phi) is 4.79. The number of aromatic nitrogens is 3. The first-order valence-electron chi connectivity index (χ1n) is 8.02. The van der Waals surface area contributed by atoms with E-state index in [4.69, 9.17) is 4.74 Å². The van der Waals surface area contributed by atoms with E-state index in [9.17, 15) is 4.79 Å². The molecule has 0 spiro atoms. The Balaban J connectivity index is 1.67. The van der Waals surface area contributed by atoms with Gasteiger partial charge in [-0.05, 0) is 56.7 Å². The van der Waals surface area contributed by atoms with Crippen LogP contribution in [0.3, 0.4) is 0 Å². The van der Waals surface area contributed by atoms with Crippen LogP contribution in [0.2, 0.25) is 0 Å². The van der Waals surface area contributed by atoms with E-state index in [1.165, 1.54) is 0 Å². The Labute approximate surface area is 146 Å². The van der Waals surface area contributed by atoms with Gasteiger partial charge in [0, 0.05) is 23.1 Å². The molecule has 0 fully saturated rings. The zero-order chi connectivity index (χ0) is 17.8. The van der Waals surface area contributed by atoms with Crippen LogP contribution >= 0.6 is 0 Å². The Morgan fingerprint density at radius 2 is 2.08 bits per heavy atom. The normalized spacial score (nSPS) is 10.5. The number of ether oxygens (including phenoxy) is 1. The molecule has 0 aliphatic heterocycles. The van der Waals surface area contributed by atoms with Gasteiger partial charge in [-0.15, -0.1) is 0 Å². The molecule has 2 N–H and O–H groups in total. The largest absolute Gasteiger partial charge is 0.455 e. The Hall–Kier alpha value is -3.15. The van der Waals surface area contributed by atoms with Crippen molar-refractivity contribution in [2.75, 3.05) is 5.32 Å². The van der Waals surface area contributed by atoms with Gasteiger partial charge in [-0.1, -0.05) is 0 Å². The zero-order valence-electron chi connectivity index (χ0n) is 14.5. The van der Waals surface area contributed by atoms with Gasteiger partial charge in [0.05, 0.1) is 18.3 Å². The van der Waals surface area contributed by atoms with E-state index in [1.807, 2.05) is 51.1 Å². The van der Waals surface area contributed by atoms with Crippen molar-refractivity contribution in [1.82, 2.24) is 15.2 Å². The van der Waals surface area contributed by atoms with Crippen LogP contribution in [0.4, 0.5) is 5.69 Å². The smallest absolute Gasteiger partial charge is 0.228 e. The SMILES string of the molecule is Cc1cc(NC(=O)Cc2c(C)n[nH]c2C)ccc1Oc1cccnc1. The molecule has 6 heteroatoms. The summed E-state index contributed by atoms with van der Waals surface area (Å²) < 4.78 is 5.80. The molecule has 0 unspecified atom stereocenters. The number of nitrogens with zero attached hydrogens (tertiary/aromatic N) is 2.